The van der Waals surface area contributed by atoms with Gasteiger partial charge in [-0.15, -0.1) is 0 Å². The number of rotatable bonds is 3. The lowest BCUT2D eigenvalue weighted by Crippen LogP contribution is -2.15. The Morgan fingerprint density at radius 3 is 1.95 bits per heavy atom. The van der Waals surface area contributed by atoms with Gasteiger partial charge in [-0.3, -0.25) is 4.57 Å². The maximum atomic E-state index is 5.57. The van der Waals surface area contributed by atoms with Crippen molar-refractivity contribution < 1.29 is 0 Å². The zero-order valence-corrected chi connectivity index (χ0v) is 32.6. The summed E-state index contributed by atoms with van der Waals surface area (Å²) < 4.78 is 4.84. The molecular formula is C55H36N4. The van der Waals surface area contributed by atoms with E-state index in [4.69, 9.17) is 9.97 Å². The molecule has 9 aromatic carbocycles. The minimum absolute atomic E-state index is 0.153. The maximum absolute atomic E-state index is 5.57. The summed E-state index contributed by atoms with van der Waals surface area (Å²) in [6.45, 7) is 4.68. The molecule has 1 aliphatic carbocycles. The molecule has 0 spiro atoms. The molecule has 0 unspecified atom stereocenters. The van der Waals surface area contributed by atoms with Crippen LogP contribution in [0.3, 0.4) is 0 Å². The molecule has 59 heavy (non-hydrogen) atoms. The van der Waals surface area contributed by atoms with E-state index in [0.717, 1.165) is 44.8 Å². The first-order valence-corrected chi connectivity index (χ1v) is 20.4. The highest BCUT2D eigenvalue weighted by atomic mass is 15.1. The van der Waals surface area contributed by atoms with Crippen LogP contribution in [0.2, 0.25) is 0 Å². The van der Waals surface area contributed by atoms with E-state index in [2.05, 4.69) is 205 Å². The van der Waals surface area contributed by atoms with Crippen molar-refractivity contribution in [2.75, 3.05) is 0 Å². The monoisotopic (exact) mass is 752 g/mol. The number of fused-ring (bicyclic) bond motifs is 14. The lowest BCUT2D eigenvalue weighted by molar-refractivity contribution is 0.660. The van der Waals surface area contributed by atoms with Gasteiger partial charge < -0.3 is 4.57 Å². The number of hydrogen-bond acceptors (Lipinski definition) is 2. The molecule has 0 saturated heterocycles. The summed E-state index contributed by atoms with van der Waals surface area (Å²) in [7, 11) is 0. The SMILES string of the molecule is CC1(C)c2ccccc2-c2ccc(-c3nc4ccccc4nc3-n3c4cc(-n5c6ccccc6c6ccc7ccccc7c65)ccc4c4c5ccccc5ccc43)cc21. The Labute approximate surface area is 340 Å². The Morgan fingerprint density at radius 2 is 1.08 bits per heavy atom. The molecule has 0 radical (unpaired) electrons. The molecule has 0 bridgehead atoms. The van der Waals surface area contributed by atoms with Crippen LogP contribution in [-0.2, 0) is 5.41 Å². The molecule has 13 rings (SSSR count). The van der Waals surface area contributed by atoms with Crippen LogP contribution < -0.4 is 0 Å². The number of para-hydroxylation sites is 3. The molecule has 0 N–H and O–H groups in total. The van der Waals surface area contributed by atoms with Gasteiger partial charge in [0, 0.05) is 43.6 Å². The lowest BCUT2D eigenvalue weighted by Gasteiger charge is -2.22. The van der Waals surface area contributed by atoms with Crippen molar-refractivity contribution in [3.05, 3.63) is 193 Å². The molecule has 3 aromatic heterocycles. The summed E-state index contributed by atoms with van der Waals surface area (Å²) in [5.74, 6) is 0.817. The van der Waals surface area contributed by atoms with Crippen LogP contribution in [0.4, 0.5) is 0 Å². The van der Waals surface area contributed by atoms with Gasteiger partial charge in [0.15, 0.2) is 5.82 Å². The van der Waals surface area contributed by atoms with Crippen molar-refractivity contribution in [3.8, 4) is 33.9 Å². The van der Waals surface area contributed by atoms with Crippen molar-refractivity contribution >= 4 is 76.2 Å². The van der Waals surface area contributed by atoms with Crippen molar-refractivity contribution in [1.29, 1.82) is 0 Å². The van der Waals surface area contributed by atoms with Gasteiger partial charge in [-0.05, 0) is 80.9 Å². The Bertz CT molecular complexity index is 3770. The Hall–Kier alpha value is -7.56. The smallest absolute Gasteiger partial charge is 0.165 e. The van der Waals surface area contributed by atoms with Crippen LogP contribution in [0.5, 0.6) is 0 Å². The predicted octanol–water partition coefficient (Wildman–Crippen LogP) is 14.1. The van der Waals surface area contributed by atoms with E-state index in [1.54, 1.807) is 0 Å². The first kappa shape index (κ1) is 32.5. The number of benzene rings is 9. The zero-order chi connectivity index (χ0) is 39.0. The molecule has 0 saturated carbocycles. The van der Waals surface area contributed by atoms with Crippen LogP contribution in [0.1, 0.15) is 25.0 Å². The Balaban J connectivity index is 1.16. The van der Waals surface area contributed by atoms with Crippen molar-refractivity contribution in [2.24, 2.45) is 0 Å². The first-order valence-electron chi connectivity index (χ1n) is 20.4. The molecule has 0 aliphatic heterocycles. The summed E-state index contributed by atoms with van der Waals surface area (Å²) >= 11 is 0. The van der Waals surface area contributed by atoms with E-state index in [0.29, 0.717) is 0 Å². The third-order valence-corrected chi connectivity index (χ3v) is 13.1. The molecule has 0 amide bonds. The average molecular weight is 753 g/mol. The van der Waals surface area contributed by atoms with E-state index in [9.17, 15) is 0 Å². The normalized spacial score (nSPS) is 13.4. The van der Waals surface area contributed by atoms with E-state index < -0.39 is 0 Å². The van der Waals surface area contributed by atoms with Gasteiger partial charge in [-0.25, -0.2) is 9.97 Å². The van der Waals surface area contributed by atoms with Crippen LogP contribution >= 0.6 is 0 Å². The zero-order valence-electron chi connectivity index (χ0n) is 32.6. The second-order valence-corrected chi connectivity index (χ2v) is 16.6. The maximum Gasteiger partial charge on any atom is 0.165 e. The van der Waals surface area contributed by atoms with Crippen LogP contribution in [-0.4, -0.2) is 19.1 Å². The van der Waals surface area contributed by atoms with Gasteiger partial charge in [-0.2, -0.15) is 0 Å². The van der Waals surface area contributed by atoms with E-state index in [-0.39, 0.29) is 5.41 Å². The predicted molar refractivity (Wildman–Crippen MR) is 246 cm³/mol. The molecule has 12 aromatic rings. The molecule has 3 heterocycles. The van der Waals surface area contributed by atoms with Gasteiger partial charge in [0.05, 0.1) is 33.1 Å². The second-order valence-electron chi connectivity index (χ2n) is 16.6. The molecule has 0 fully saturated rings. The van der Waals surface area contributed by atoms with Crippen molar-refractivity contribution in [2.45, 2.75) is 19.3 Å². The van der Waals surface area contributed by atoms with E-state index >= 15 is 0 Å². The molecule has 1 aliphatic rings. The highest BCUT2D eigenvalue weighted by molar-refractivity contribution is 6.22. The van der Waals surface area contributed by atoms with Gasteiger partial charge in [-0.1, -0.05) is 153 Å². The average Bonchev–Trinajstić information content (AvgIpc) is 3.89. The number of nitrogens with zero attached hydrogens (tertiary/aromatic N) is 4. The minimum Gasteiger partial charge on any atom is -0.309 e. The Kier molecular flexibility index (Phi) is 6.48. The topological polar surface area (TPSA) is 35.6 Å². The number of hydrogen-bond donors (Lipinski definition) is 0. The lowest BCUT2D eigenvalue weighted by atomic mass is 9.82. The highest BCUT2D eigenvalue weighted by Crippen LogP contribution is 2.50. The molecular weight excluding hydrogens is 717 g/mol. The fourth-order valence-electron chi connectivity index (χ4n) is 10.3. The summed E-state index contributed by atoms with van der Waals surface area (Å²) in [5.41, 5.74) is 14.4. The summed E-state index contributed by atoms with van der Waals surface area (Å²) in [6.07, 6.45) is 0. The fraction of sp³-hybridized carbons (Fsp3) is 0.0545. The van der Waals surface area contributed by atoms with Gasteiger partial charge >= 0.3 is 0 Å². The molecule has 4 nitrogen and oxygen atoms in total. The third kappa shape index (κ3) is 4.43. The fourth-order valence-corrected chi connectivity index (χ4v) is 10.3. The molecule has 0 atom stereocenters. The van der Waals surface area contributed by atoms with Crippen LogP contribution in [0, 0.1) is 0 Å². The summed E-state index contributed by atoms with van der Waals surface area (Å²) in [5, 5.41) is 9.76. The van der Waals surface area contributed by atoms with E-state index in [1.807, 2.05) is 0 Å². The minimum atomic E-state index is -0.153. The van der Waals surface area contributed by atoms with Crippen LogP contribution in [0.25, 0.3) is 110 Å². The van der Waals surface area contributed by atoms with Gasteiger partial charge in [0.1, 0.15) is 5.69 Å². The van der Waals surface area contributed by atoms with E-state index in [1.165, 1.54) is 76.4 Å². The first-order chi connectivity index (χ1) is 29.0. The van der Waals surface area contributed by atoms with Gasteiger partial charge in [0.25, 0.3) is 0 Å². The Morgan fingerprint density at radius 1 is 0.424 bits per heavy atom. The van der Waals surface area contributed by atoms with Crippen molar-refractivity contribution in [1.82, 2.24) is 19.1 Å². The van der Waals surface area contributed by atoms with Crippen LogP contribution in [0.15, 0.2) is 182 Å². The van der Waals surface area contributed by atoms with Gasteiger partial charge in [0.2, 0.25) is 0 Å². The standard InChI is InChI=1S/C55H36N4/c1-55(2)44-19-9-7-17-39(44)40-27-24-35(31-45(40)55)52-54(57-47-21-11-10-20-46(47)56-52)59-49-30-25-33-13-3-5-15-37(33)51(49)43-29-26-36(32-50(43)59)58-48-22-12-8-18-41(48)42-28-23-34-14-4-6-16-38(34)53(42)58/h3-32H,1-2H3. The highest BCUT2D eigenvalue weighted by Gasteiger charge is 2.35. The van der Waals surface area contributed by atoms with Crippen molar-refractivity contribution in [3.63, 3.8) is 0 Å². The second kappa shape index (κ2) is 11.7. The summed E-state index contributed by atoms with van der Waals surface area (Å²) in [6, 6.07) is 66.3. The third-order valence-electron chi connectivity index (χ3n) is 13.1. The quantitative estimate of drug-likeness (QED) is 0.180. The molecule has 276 valence electrons. The molecule has 4 heteroatoms. The summed E-state index contributed by atoms with van der Waals surface area (Å²) in [4.78, 5) is 11.1. The largest absolute Gasteiger partial charge is 0.309 e. The number of aromatic nitrogens is 4.